The second kappa shape index (κ2) is 4.77. The van der Waals surface area contributed by atoms with Crippen molar-refractivity contribution in [2.75, 3.05) is 11.4 Å². The zero-order valence-electron chi connectivity index (χ0n) is 10.6. The number of hydrogen-bond donors (Lipinski definition) is 1. The number of rotatable bonds is 4. The number of anilines is 2. The van der Waals surface area contributed by atoms with Crippen LogP contribution in [0, 0.1) is 10.6 Å². The molecule has 0 spiro atoms. The van der Waals surface area contributed by atoms with Gasteiger partial charge < -0.3 is 4.90 Å². The SMILES string of the molecule is CCN(c1ccccc1F)c1n[nH]c(=S)n1C1CC1. The summed E-state index contributed by atoms with van der Waals surface area (Å²) in [6.45, 7) is 2.61. The number of H-pyrrole nitrogens is 1. The third-order valence-corrected chi connectivity index (χ3v) is 3.59. The van der Waals surface area contributed by atoms with E-state index in [1.54, 1.807) is 12.1 Å². The number of aromatic nitrogens is 3. The zero-order chi connectivity index (χ0) is 13.4. The molecule has 1 aliphatic rings. The molecule has 1 aliphatic carbocycles. The van der Waals surface area contributed by atoms with Gasteiger partial charge in [-0.05, 0) is 44.1 Å². The lowest BCUT2D eigenvalue weighted by Crippen LogP contribution is -2.21. The van der Waals surface area contributed by atoms with E-state index in [1.807, 2.05) is 22.5 Å². The Bertz CT molecular complexity index is 644. The van der Waals surface area contributed by atoms with Gasteiger partial charge in [0.05, 0.1) is 5.69 Å². The van der Waals surface area contributed by atoms with E-state index in [-0.39, 0.29) is 5.82 Å². The molecule has 3 rings (SSSR count). The highest BCUT2D eigenvalue weighted by atomic mass is 32.1. The van der Waals surface area contributed by atoms with Gasteiger partial charge in [0.15, 0.2) is 4.77 Å². The van der Waals surface area contributed by atoms with E-state index < -0.39 is 0 Å². The lowest BCUT2D eigenvalue weighted by Gasteiger charge is -2.22. The lowest BCUT2D eigenvalue weighted by molar-refractivity contribution is 0.621. The smallest absolute Gasteiger partial charge is 0.230 e. The van der Waals surface area contributed by atoms with Gasteiger partial charge >= 0.3 is 0 Å². The van der Waals surface area contributed by atoms with Crippen molar-refractivity contribution in [2.45, 2.75) is 25.8 Å². The van der Waals surface area contributed by atoms with Gasteiger partial charge in [-0.3, -0.25) is 4.57 Å². The Morgan fingerprint density at radius 3 is 2.84 bits per heavy atom. The standard InChI is InChI=1S/C13H15FN4S/c1-2-17(11-6-4-3-5-10(11)14)12-15-16-13(19)18(12)9-7-8-9/h3-6,9H,2,7-8H2,1H3,(H,16,19). The Hall–Kier alpha value is -1.69. The molecule has 1 heterocycles. The maximum absolute atomic E-state index is 14.0. The molecule has 0 unspecified atom stereocenters. The predicted molar refractivity (Wildman–Crippen MR) is 74.8 cm³/mol. The molecule has 1 saturated carbocycles. The van der Waals surface area contributed by atoms with Gasteiger partial charge in [-0.2, -0.15) is 0 Å². The van der Waals surface area contributed by atoms with Crippen molar-refractivity contribution in [2.24, 2.45) is 0 Å². The van der Waals surface area contributed by atoms with E-state index in [4.69, 9.17) is 12.2 Å². The summed E-state index contributed by atoms with van der Waals surface area (Å²) in [5.74, 6) is 0.445. The van der Waals surface area contributed by atoms with E-state index >= 15 is 0 Å². The van der Waals surface area contributed by atoms with Crippen LogP contribution in [0.2, 0.25) is 0 Å². The average Bonchev–Trinajstić information content (AvgIpc) is 3.17. The molecule has 19 heavy (non-hydrogen) atoms. The minimum absolute atomic E-state index is 0.249. The highest BCUT2D eigenvalue weighted by molar-refractivity contribution is 7.71. The maximum Gasteiger partial charge on any atom is 0.230 e. The van der Waals surface area contributed by atoms with Gasteiger partial charge in [-0.15, -0.1) is 5.10 Å². The summed E-state index contributed by atoms with van der Waals surface area (Å²) in [7, 11) is 0. The summed E-state index contributed by atoms with van der Waals surface area (Å²) in [4.78, 5) is 1.85. The van der Waals surface area contributed by atoms with E-state index in [0.29, 0.717) is 29.0 Å². The highest BCUT2D eigenvalue weighted by Gasteiger charge is 2.29. The zero-order valence-corrected chi connectivity index (χ0v) is 11.5. The lowest BCUT2D eigenvalue weighted by atomic mass is 10.3. The fraction of sp³-hybridized carbons (Fsp3) is 0.385. The summed E-state index contributed by atoms with van der Waals surface area (Å²) in [5, 5.41) is 7.08. The Morgan fingerprint density at radius 2 is 2.21 bits per heavy atom. The Morgan fingerprint density at radius 1 is 1.47 bits per heavy atom. The molecule has 4 nitrogen and oxygen atoms in total. The number of para-hydroxylation sites is 1. The van der Waals surface area contributed by atoms with Crippen molar-refractivity contribution in [3.63, 3.8) is 0 Å². The van der Waals surface area contributed by atoms with Crippen LogP contribution in [-0.4, -0.2) is 21.3 Å². The average molecular weight is 278 g/mol. The van der Waals surface area contributed by atoms with Crippen LogP contribution in [0.15, 0.2) is 24.3 Å². The number of halogens is 1. The minimum atomic E-state index is -0.249. The minimum Gasteiger partial charge on any atom is -0.308 e. The van der Waals surface area contributed by atoms with Crippen molar-refractivity contribution < 1.29 is 4.39 Å². The molecule has 0 radical (unpaired) electrons. The first-order valence-electron chi connectivity index (χ1n) is 6.41. The molecule has 1 aromatic carbocycles. The molecular formula is C13H15FN4S. The van der Waals surface area contributed by atoms with E-state index in [2.05, 4.69) is 10.2 Å². The molecule has 0 atom stereocenters. The summed E-state index contributed by atoms with van der Waals surface area (Å²) < 4.78 is 16.5. The Balaban J connectivity index is 2.08. The number of nitrogens with one attached hydrogen (secondary N) is 1. The second-order valence-corrected chi connectivity index (χ2v) is 5.01. The van der Waals surface area contributed by atoms with Crippen LogP contribution in [0.5, 0.6) is 0 Å². The molecule has 0 bridgehead atoms. The first-order chi connectivity index (χ1) is 9.22. The quantitative estimate of drug-likeness (QED) is 0.869. The molecule has 0 amide bonds. The van der Waals surface area contributed by atoms with Crippen LogP contribution >= 0.6 is 12.2 Å². The van der Waals surface area contributed by atoms with Gasteiger partial charge in [0.1, 0.15) is 5.82 Å². The van der Waals surface area contributed by atoms with Crippen molar-refractivity contribution in [3.05, 3.63) is 34.9 Å². The van der Waals surface area contributed by atoms with Crippen LogP contribution in [0.3, 0.4) is 0 Å². The molecule has 100 valence electrons. The number of nitrogens with zero attached hydrogens (tertiary/aromatic N) is 3. The highest BCUT2D eigenvalue weighted by Crippen LogP contribution is 2.39. The first-order valence-corrected chi connectivity index (χ1v) is 6.82. The Labute approximate surface area is 115 Å². The molecule has 0 aliphatic heterocycles. The van der Waals surface area contributed by atoms with E-state index in [1.165, 1.54) is 6.07 Å². The Kier molecular flexibility index (Phi) is 3.10. The maximum atomic E-state index is 14.0. The topological polar surface area (TPSA) is 36.9 Å². The molecule has 1 aromatic heterocycles. The normalized spacial score (nSPS) is 14.6. The molecule has 2 aromatic rings. The molecule has 6 heteroatoms. The largest absolute Gasteiger partial charge is 0.308 e. The molecule has 1 fully saturated rings. The first kappa shape index (κ1) is 12.3. The fourth-order valence-electron chi connectivity index (χ4n) is 2.24. The van der Waals surface area contributed by atoms with Crippen LogP contribution in [0.1, 0.15) is 25.8 Å². The van der Waals surface area contributed by atoms with Crippen LogP contribution in [0.4, 0.5) is 16.0 Å². The monoisotopic (exact) mass is 278 g/mol. The molecule has 0 saturated heterocycles. The number of aromatic amines is 1. The van der Waals surface area contributed by atoms with Gasteiger partial charge in [0.2, 0.25) is 5.95 Å². The third kappa shape index (κ3) is 2.16. The molecular weight excluding hydrogens is 263 g/mol. The number of benzene rings is 1. The van der Waals surface area contributed by atoms with Crippen molar-refractivity contribution in [1.82, 2.24) is 14.8 Å². The van der Waals surface area contributed by atoms with E-state index in [9.17, 15) is 4.39 Å². The third-order valence-electron chi connectivity index (χ3n) is 3.30. The fourth-order valence-corrected chi connectivity index (χ4v) is 2.52. The van der Waals surface area contributed by atoms with Gasteiger partial charge in [-0.25, -0.2) is 9.49 Å². The van der Waals surface area contributed by atoms with Gasteiger partial charge in [-0.1, -0.05) is 12.1 Å². The summed E-state index contributed by atoms with van der Waals surface area (Å²) in [6.07, 6.45) is 2.21. The van der Waals surface area contributed by atoms with Gasteiger partial charge in [0, 0.05) is 12.6 Å². The van der Waals surface area contributed by atoms with Crippen LogP contribution < -0.4 is 4.90 Å². The van der Waals surface area contributed by atoms with Crippen molar-refractivity contribution in [1.29, 1.82) is 0 Å². The van der Waals surface area contributed by atoms with E-state index in [0.717, 1.165) is 12.8 Å². The second-order valence-electron chi connectivity index (χ2n) is 4.63. The van der Waals surface area contributed by atoms with Crippen LogP contribution in [0.25, 0.3) is 0 Å². The van der Waals surface area contributed by atoms with Crippen molar-refractivity contribution >= 4 is 23.9 Å². The van der Waals surface area contributed by atoms with Crippen molar-refractivity contribution in [3.8, 4) is 0 Å². The summed E-state index contributed by atoms with van der Waals surface area (Å²) in [5.41, 5.74) is 0.529. The molecule has 1 N–H and O–H groups in total. The van der Waals surface area contributed by atoms with Gasteiger partial charge in [0.25, 0.3) is 0 Å². The number of hydrogen-bond acceptors (Lipinski definition) is 3. The predicted octanol–water partition coefficient (Wildman–Crippen LogP) is 3.57. The van der Waals surface area contributed by atoms with Crippen LogP contribution in [-0.2, 0) is 0 Å². The summed E-state index contributed by atoms with van der Waals surface area (Å²) in [6, 6.07) is 7.13. The summed E-state index contributed by atoms with van der Waals surface area (Å²) >= 11 is 5.26.